The van der Waals surface area contributed by atoms with Crippen LogP contribution in [0.5, 0.6) is 17.2 Å². The Morgan fingerprint density at radius 3 is 1.67 bits per heavy atom. The molecule has 2 rings (SSSR count). The number of carbonyl (C=O) groups is 1. The molecule has 1 unspecified atom stereocenters. The van der Waals surface area contributed by atoms with Gasteiger partial charge >= 0.3 is 18.9 Å². The Morgan fingerprint density at radius 1 is 0.833 bits per heavy atom. The molecule has 2 aromatic carbocycles. The van der Waals surface area contributed by atoms with E-state index >= 15 is 0 Å². The van der Waals surface area contributed by atoms with E-state index in [1.807, 2.05) is 41.5 Å². The first-order chi connectivity index (χ1) is 13.6. The molecule has 0 fully saturated rings. The first-order valence-corrected chi connectivity index (χ1v) is 11.3. The molecule has 0 aromatic heterocycles. The number of halogens is 2. The van der Waals surface area contributed by atoms with Crippen LogP contribution in [-0.4, -0.2) is 23.8 Å². The van der Waals surface area contributed by atoms with Crippen molar-refractivity contribution in [2.24, 2.45) is 0 Å². The van der Waals surface area contributed by atoms with Gasteiger partial charge in [0.05, 0.1) is 39.2 Å². The van der Waals surface area contributed by atoms with Crippen molar-refractivity contribution >= 4 is 42.6 Å². The van der Waals surface area contributed by atoms with Crippen LogP contribution >= 0.6 is 31.8 Å². The number of carbonyl (C=O) groups excluding carboxylic acids is 1. The van der Waals surface area contributed by atoms with Gasteiger partial charge in [0.2, 0.25) is 0 Å². The first-order valence-electron chi connectivity index (χ1n) is 9.51. The summed E-state index contributed by atoms with van der Waals surface area (Å²) in [6.07, 6.45) is -0.178. The van der Waals surface area contributed by atoms with Gasteiger partial charge in [0.15, 0.2) is 5.52 Å². The summed E-state index contributed by atoms with van der Waals surface area (Å²) in [6, 6.07) is 8.63. The average molecular weight is 464 g/mol. The van der Waals surface area contributed by atoms with Crippen molar-refractivity contribution in [2.75, 3.05) is 0 Å². The standard InChI is InChI=1S/C22H27Cl2O4P.Li/c1-12(2)26-15-10-18(27-13(3)4)21(19(11-15)28-14(5)6)29-22(25)20-16(23)8-7-9-17(20)24;/h7-14,29H,1-6H3;/q;+1. The van der Waals surface area contributed by atoms with Gasteiger partial charge in [-0.25, -0.2) is 0 Å². The smallest absolute Gasteiger partial charge is 0.491 e. The Labute approximate surface area is 202 Å². The molecule has 0 spiro atoms. The molecule has 0 N–H and O–H groups in total. The van der Waals surface area contributed by atoms with Gasteiger partial charge in [0.1, 0.15) is 17.2 Å². The predicted octanol–water partition coefficient (Wildman–Crippen LogP) is 3.50. The number of benzene rings is 2. The Bertz CT molecular complexity index is 821. The van der Waals surface area contributed by atoms with Gasteiger partial charge < -0.3 is 14.2 Å². The van der Waals surface area contributed by atoms with Gasteiger partial charge in [-0.15, -0.1) is 0 Å². The van der Waals surface area contributed by atoms with Crippen LogP contribution < -0.4 is 38.4 Å². The van der Waals surface area contributed by atoms with Crippen LogP contribution in [-0.2, 0) is 0 Å². The van der Waals surface area contributed by atoms with Gasteiger partial charge in [-0.05, 0) is 62.3 Å². The van der Waals surface area contributed by atoms with Gasteiger partial charge in [0, 0.05) is 12.1 Å². The maximum atomic E-state index is 13.1. The third-order valence-electron chi connectivity index (χ3n) is 3.56. The maximum absolute atomic E-state index is 13.1. The molecule has 0 amide bonds. The normalized spacial score (nSPS) is 11.3. The van der Waals surface area contributed by atoms with Crippen LogP contribution in [0.3, 0.4) is 0 Å². The van der Waals surface area contributed by atoms with Crippen LogP contribution in [0, 0.1) is 0 Å². The van der Waals surface area contributed by atoms with Crippen LogP contribution in [0.15, 0.2) is 30.3 Å². The van der Waals surface area contributed by atoms with E-state index in [1.54, 1.807) is 30.3 Å². The molecular weight excluding hydrogens is 437 g/mol. The van der Waals surface area contributed by atoms with Crippen molar-refractivity contribution in [1.29, 1.82) is 0 Å². The molecule has 0 saturated carbocycles. The summed E-state index contributed by atoms with van der Waals surface area (Å²) in [4.78, 5) is 13.1. The Balaban J connectivity index is 0.00000450. The van der Waals surface area contributed by atoms with E-state index in [2.05, 4.69) is 0 Å². The summed E-state index contributed by atoms with van der Waals surface area (Å²) in [7, 11) is -0.276. The average Bonchev–Trinajstić information content (AvgIpc) is 2.56. The Hall–Kier alpha value is -0.883. The molecule has 0 heterocycles. The van der Waals surface area contributed by atoms with E-state index in [0.29, 0.717) is 38.2 Å². The molecule has 0 aliphatic heterocycles. The monoisotopic (exact) mass is 463 g/mol. The molecule has 1 atom stereocenters. The van der Waals surface area contributed by atoms with Crippen molar-refractivity contribution in [3.05, 3.63) is 45.9 Å². The molecule has 30 heavy (non-hydrogen) atoms. The number of rotatable bonds is 9. The summed E-state index contributed by atoms with van der Waals surface area (Å²) >= 11 is 12.5. The third kappa shape index (κ3) is 7.67. The van der Waals surface area contributed by atoms with Gasteiger partial charge in [-0.2, -0.15) is 0 Å². The van der Waals surface area contributed by atoms with Gasteiger partial charge in [-0.1, -0.05) is 29.3 Å². The fourth-order valence-corrected chi connectivity index (χ4v) is 4.47. The van der Waals surface area contributed by atoms with Crippen molar-refractivity contribution in [3.8, 4) is 17.2 Å². The minimum atomic E-state index is -0.276. The summed E-state index contributed by atoms with van der Waals surface area (Å²) in [6.45, 7) is 11.6. The molecule has 0 aliphatic carbocycles. The van der Waals surface area contributed by atoms with Crippen LogP contribution in [0.1, 0.15) is 51.9 Å². The van der Waals surface area contributed by atoms with Crippen LogP contribution in [0.25, 0.3) is 0 Å². The molecule has 158 valence electrons. The minimum absolute atomic E-state index is 0. The maximum Gasteiger partial charge on any atom is 1.00 e. The predicted molar refractivity (Wildman–Crippen MR) is 122 cm³/mol. The van der Waals surface area contributed by atoms with Crippen LogP contribution in [0.2, 0.25) is 10.0 Å². The number of hydrogen-bond donors (Lipinski definition) is 0. The molecule has 0 saturated heterocycles. The zero-order valence-corrected chi connectivity index (χ0v) is 21.0. The Morgan fingerprint density at radius 2 is 1.27 bits per heavy atom. The zero-order valence-electron chi connectivity index (χ0n) is 18.5. The minimum Gasteiger partial charge on any atom is -0.491 e. The third-order valence-corrected chi connectivity index (χ3v) is 5.41. The SMILES string of the molecule is CC(C)Oc1cc(OC(C)C)c(PC(=O)c2c(Cl)cccc2Cl)c(OC(C)C)c1.[Li+]. The van der Waals surface area contributed by atoms with E-state index in [1.165, 1.54) is 0 Å². The molecule has 0 bridgehead atoms. The van der Waals surface area contributed by atoms with Crippen molar-refractivity contribution < 1.29 is 37.9 Å². The molecule has 0 aliphatic rings. The fraction of sp³-hybridized carbons (Fsp3) is 0.409. The molecule has 0 radical (unpaired) electrons. The summed E-state index contributed by atoms with van der Waals surface area (Å²) in [5.74, 6) is 1.75. The van der Waals surface area contributed by atoms with E-state index < -0.39 is 0 Å². The van der Waals surface area contributed by atoms with Crippen molar-refractivity contribution in [1.82, 2.24) is 0 Å². The fourth-order valence-electron chi connectivity index (χ4n) is 2.61. The number of ether oxygens (including phenoxy) is 3. The van der Waals surface area contributed by atoms with E-state index in [9.17, 15) is 4.79 Å². The van der Waals surface area contributed by atoms with E-state index in [4.69, 9.17) is 37.4 Å². The molecule has 4 nitrogen and oxygen atoms in total. The summed E-state index contributed by atoms with van der Waals surface area (Å²) in [5.41, 5.74) is 0.128. The van der Waals surface area contributed by atoms with Crippen molar-refractivity contribution in [2.45, 2.75) is 59.9 Å². The summed E-state index contributed by atoms with van der Waals surface area (Å²) in [5, 5.41) is 1.32. The second-order valence-electron chi connectivity index (χ2n) is 7.35. The zero-order chi connectivity index (χ0) is 21.7. The van der Waals surface area contributed by atoms with Gasteiger partial charge in [0.25, 0.3) is 0 Å². The van der Waals surface area contributed by atoms with Crippen molar-refractivity contribution in [3.63, 3.8) is 0 Å². The second kappa shape index (κ2) is 12.2. The van der Waals surface area contributed by atoms with E-state index in [-0.39, 0.29) is 51.3 Å². The van der Waals surface area contributed by atoms with Crippen LogP contribution in [0.4, 0.5) is 0 Å². The molecule has 2 aromatic rings. The topological polar surface area (TPSA) is 44.8 Å². The largest absolute Gasteiger partial charge is 1.00 e. The molecular formula is C22H27Cl2LiO4P+. The quantitative estimate of drug-likeness (QED) is 0.421. The Kier molecular flexibility index (Phi) is 11.1. The second-order valence-corrected chi connectivity index (χ2v) is 9.36. The van der Waals surface area contributed by atoms with Gasteiger partial charge in [-0.3, -0.25) is 4.79 Å². The number of hydrogen-bond acceptors (Lipinski definition) is 4. The summed E-state index contributed by atoms with van der Waals surface area (Å²) < 4.78 is 17.9. The van der Waals surface area contributed by atoms with E-state index in [0.717, 1.165) is 0 Å². The molecule has 8 heteroatoms. The first kappa shape index (κ1) is 27.2.